The van der Waals surface area contributed by atoms with Crippen LogP contribution in [-0.2, 0) is 6.42 Å². The first-order valence-electron chi connectivity index (χ1n) is 4.85. The average Bonchev–Trinajstić information content (AvgIpc) is 2.46. The van der Waals surface area contributed by atoms with Crippen LogP contribution in [0.25, 0.3) is 5.65 Å². The van der Waals surface area contributed by atoms with Crippen molar-refractivity contribution in [2.45, 2.75) is 26.3 Å². The van der Waals surface area contributed by atoms with Gasteiger partial charge in [-0.1, -0.05) is 0 Å². The summed E-state index contributed by atoms with van der Waals surface area (Å²) < 4.78 is 2.07. The minimum absolute atomic E-state index is 0.202. The first-order chi connectivity index (χ1) is 6.66. The fourth-order valence-electron chi connectivity index (χ4n) is 1.65. The Balaban J connectivity index is 2.42. The van der Waals surface area contributed by atoms with Crippen molar-refractivity contribution in [1.29, 1.82) is 0 Å². The Hall–Kier alpha value is -1.35. The molecule has 0 saturated carbocycles. The van der Waals surface area contributed by atoms with Crippen LogP contribution < -0.4 is 5.73 Å². The average molecular weight is 189 g/mol. The maximum Gasteiger partial charge on any atom is 0.137 e. The Morgan fingerprint density at radius 2 is 2.36 bits per heavy atom. The van der Waals surface area contributed by atoms with Gasteiger partial charge in [-0.05, 0) is 38.0 Å². The normalized spacial score (nSPS) is 13.4. The van der Waals surface area contributed by atoms with Gasteiger partial charge >= 0.3 is 0 Å². The summed E-state index contributed by atoms with van der Waals surface area (Å²) in [6.45, 7) is 4.06. The zero-order chi connectivity index (χ0) is 10.1. The molecule has 0 spiro atoms. The second-order valence-corrected chi connectivity index (χ2v) is 3.84. The van der Waals surface area contributed by atoms with Crippen LogP contribution in [0.4, 0.5) is 0 Å². The Labute approximate surface area is 83.6 Å². The number of imidazole rings is 1. The molecule has 2 aromatic heterocycles. The third-order valence-corrected chi connectivity index (χ3v) is 2.32. The number of rotatable bonds is 2. The molecule has 0 fully saturated rings. The van der Waals surface area contributed by atoms with Gasteiger partial charge in [0.05, 0.1) is 0 Å². The first kappa shape index (κ1) is 9.21. The lowest BCUT2D eigenvalue weighted by molar-refractivity contribution is 0.737. The number of aryl methyl sites for hydroxylation is 1. The van der Waals surface area contributed by atoms with Crippen LogP contribution in [0.3, 0.4) is 0 Å². The van der Waals surface area contributed by atoms with Gasteiger partial charge in [-0.25, -0.2) is 4.98 Å². The van der Waals surface area contributed by atoms with Gasteiger partial charge in [0, 0.05) is 24.1 Å². The number of nitrogens with zero attached hydrogens (tertiary/aromatic N) is 2. The molecule has 0 aliphatic heterocycles. The molecule has 2 heterocycles. The van der Waals surface area contributed by atoms with Gasteiger partial charge in [0.2, 0.25) is 0 Å². The topological polar surface area (TPSA) is 43.3 Å². The van der Waals surface area contributed by atoms with E-state index in [1.54, 1.807) is 0 Å². The highest BCUT2D eigenvalue weighted by atomic mass is 15.0. The van der Waals surface area contributed by atoms with Crippen LogP contribution in [-0.4, -0.2) is 15.4 Å². The molecule has 0 radical (unpaired) electrons. The van der Waals surface area contributed by atoms with Crippen molar-refractivity contribution in [3.05, 3.63) is 35.8 Å². The van der Waals surface area contributed by atoms with E-state index in [1.807, 2.05) is 20.0 Å². The summed E-state index contributed by atoms with van der Waals surface area (Å²) in [5.74, 6) is 0. The van der Waals surface area contributed by atoms with Gasteiger partial charge in [0.15, 0.2) is 0 Å². The second kappa shape index (κ2) is 3.42. The standard InChI is InChI=1S/C11H15N3/c1-8(12)5-10-3-4-14-9(2)7-13-11(14)6-10/h3-4,6-8H,5,12H2,1-2H3. The van der Waals surface area contributed by atoms with Gasteiger partial charge in [0.25, 0.3) is 0 Å². The van der Waals surface area contributed by atoms with E-state index in [4.69, 9.17) is 5.73 Å². The van der Waals surface area contributed by atoms with Crippen LogP contribution in [0, 0.1) is 6.92 Å². The van der Waals surface area contributed by atoms with Crippen LogP contribution in [0.2, 0.25) is 0 Å². The smallest absolute Gasteiger partial charge is 0.137 e. The minimum Gasteiger partial charge on any atom is -0.328 e. The summed E-state index contributed by atoms with van der Waals surface area (Å²) in [5, 5.41) is 0. The van der Waals surface area contributed by atoms with Crippen molar-refractivity contribution in [2.24, 2.45) is 5.73 Å². The van der Waals surface area contributed by atoms with Crippen LogP contribution in [0.1, 0.15) is 18.2 Å². The fourth-order valence-corrected chi connectivity index (χ4v) is 1.65. The maximum absolute atomic E-state index is 5.75. The van der Waals surface area contributed by atoms with E-state index in [2.05, 4.69) is 27.7 Å². The number of hydrogen-bond donors (Lipinski definition) is 1. The van der Waals surface area contributed by atoms with Gasteiger partial charge < -0.3 is 10.1 Å². The summed E-state index contributed by atoms with van der Waals surface area (Å²) >= 11 is 0. The molecule has 0 amide bonds. The number of fused-ring (bicyclic) bond motifs is 1. The predicted octanol–water partition coefficient (Wildman–Crippen LogP) is 1.53. The summed E-state index contributed by atoms with van der Waals surface area (Å²) in [7, 11) is 0. The number of pyridine rings is 1. The zero-order valence-corrected chi connectivity index (χ0v) is 8.57. The van der Waals surface area contributed by atoms with E-state index in [1.165, 1.54) is 5.56 Å². The van der Waals surface area contributed by atoms with Crippen molar-refractivity contribution < 1.29 is 0 Å². The highest BCUT2D eigenvalue weighted by Crippen LogP contribution is 2.09. The second-order valence-electron chi connectivity index (χ2n) is 3.84. The third kappa shape index (κ3) is 1.63. The SMILES string of the molecule is Cc1cnc2cc(CC(C)N)ccn12. The number of aromatic nitrogens is 2. The third-order valence-electron chi connectivity index (χ3n) is 2.32. The van der Waals surface area contributed by atoms with E-state index in [-0.39, 0.29) is 6.04 Å². The Bertz CT molecular complexity index is 443. The van der Waals surface area contributed by atoms with Gasteiger partial charge in [0.1, 0.15) is 5.65 Å². The molecule has 0 aliphatic rings. The molecule has 0 aliphatic carbocycles. The predicted molar refractivity (Wildman–Crippen MR) is 57.3 cm³/mol. The fraction of sp³-hybridized carbons (Fsp3) is 0.364. The highest BCUT2D eigenvalue weighted by Gasteiger charge is 2.01. The minimum atomic E-state index is 0.202. The molecular formula is C11H15N3. The Kier molecular flexibility index (Phi) is 2.25. The lowest BCUT2D eigenvalue weighted by Crippen LogP contribution is -2.17. The number of nitrogens with two attached hydrogens (primary N) is 1. The number of hydrogen-bond acceptors (Lipinski definition) is 2. The lowest BCUT2D eigenvalue weighted by Gasteiger charge is -2.05. The summed E-state index contributed by atoms with van der Waals surface area (Å²) in [4.78, 5) is 4.31. The molecular weight excluding hydrogens is 174 g/mol. The van der Waals surface area contributed by atoms with Gasteiger partial charge in [-0.2, -0.15) is 0 Å². The highest BCUT2D eigenvalue weighted by molar-refractivity contribution is 5.43. The van der Waals surface area contributed by atoms with E-state index >= 15 is 0 Å². The van der Waals surface area contributed by atoms with Crippen molar-refractivity contribution in [3.8, 4) is 0 Å². The summed E-state index contributed by atoms with van der Waals surface area (Å²) in [5.41, 5.74) is 9.15. The molecule has 0 aromatic carbocycles. The molecule has 14 heavy (non-hydrogen) atoms. The molecule has 1 unspecified atom stereocenters. The van der Waals surface area contributed by atoms with Gasteiger partial charge in [-0.15, -0.1) is 0 Å². The molecule has 3 nitrogen and oxygen atoms in total. The zero-order valence-electron chi connectivity index (χ0n) is 8.57. The maximum atomic E-state index is 5.75. The van der Waals surface area contributed by atoms with E-state index in [0.29, 0.717) is 0 Å². The van der Waals surface area contributed by atoms with Crippen molar-refractivity contribution in [2.75, 3.05) is 0 Å². The molecule has 0 saturated heterocycles. The van der Waals surface area contributed by atoms with E-state index in [9.17, 15) is 0 Å². The first-order valence-corrected chi connectivity index (χ1v) is 4.85. The monoisotopic (exact) mass is 189 g/mol. The van der Waals surface area contributed by atoms with Crippen molar-refractivity contribution >= 4 is 5.65 Å². The Morgan fingerprint density at radius 3 is 3.07 bits per heavy atom. The van der Waals surface area contributed by atoms with Crippen LogP contribution in [0.15, 0.2) is 24.5 Å². The molecule has 2 N–H and O–H groups in total. The quantitative estimate of drug-likeness (QED) is 0.778. The molecule has 1 atom stereocenters. The van der Waals surface area contributed by atoms with Crippen molar-refractivity contribution in [3.63, 3.8) is 0 Å². The van der Waals surface area contributed by atoms with Gasteiger partial charge in [-0.3, -0.25) is 0 Å². The van der Waals surface area contributed by atoms with E-state index in [0.717, 1.165) is 17.8 Å². The molecule has 0 bridgehead atoms. The summed E-state index contributed by atoms with van der Waals surface area (Å²) in [6.07, 6.45) is 4.84. The lowest BCUT2D eigenvalue weighted by atomic mass is 10.1. The van der Waals surface area contributed by atoms with E-state index < -0.39 is 0 Å². The van der Waals surface area contributed by atoms with Crippen LogP contribution >= 0.6 is 0 Å². The summed E-state index contributed by atoms with van der Waals surface area (Å²) in [6, 6.07) is 4.40. The van der Waals surface area contributed by atoms with Crippen LogP contribution in [0.5, 0.6) is 0 Å². The largest absolute Gasteiger partial charge is 0.328 e. The molecule has 2 aromatic rings. The molecule has 74 valence electrons. The van der Waals surface area contributed by atoms with Crippen molar-refractivity contribution in [1.82, 2.24) is 9.38 Å². The molecule has 2 rings (SSSR count). The molecule has 3 heteroatoms. The Morgan fingerprint density at radius 1 is 1.57 bits per heavy atom.